The molecule has 20 heavy (non-hydrogen) atoms. The molecule has 0 heterocycles. The highest BCUT2D eigenvalue weighted by Gasteiger charge is 2.03. The maximum atomic E-state index is 13.7. The highest BCUT2D eigenvalue weighted by molar-refractivity contribution is 9.10. The van der Waals surface area contributed by atoms with Crippen LogP contribution in [0.3, 0.4) is 0 Å². The number of hydrogen-bond acceptors (Lipinski definition) is 2. The van der Waals surface area contributed by atoms with Gasteiger partial charge in [-0.25, -0.2) is 4.39 Å². The Morgan fingerprint density at radius 1 is 1.15 bits per heavy atom. The van der Waals surface area contributed by atoms with E-state index in [1.54, 1.807) is 23.9 Å². The third-order valence-electron chi connectivity index (χ3n) is 2.72. The van der Waals surface area contributed by atoms with E-state index in [1.807, 2.05) is 30.3 Å². The van der Waals surface area contributed by atoms with E-state index in [0.29, 0.717) is 6.54 Å². The Hall–Kier alpha value is -0.840. The monoisotopic (exact) mass is 353 g/mol. The molecule has 1 N–H and O–H groups in total. The van der Waals surface area contributed by atoms with Crippen LogP contribution in [-0.4, -0.2) is 6.54 Å². The van der Waals surface area contributed by atoms with Gasteiger partial charge in [-0.15, -0.1) is 0 Å². The van der Waals surface area contributed by atoms with Crippen LogP contribution >= 0.6 is 27.7 Å². The van der Waals surface area contributed by atoms with Gasteiger partial charge in [-0.2, -0.15) is 0 Å². The summed E-state index contributed by atoms with van der Waals surface area (Å²) >= 11 is 5.02. The van der Waals surface area contributed by atoms with Gasteiger partial charge in [0.05, 0.1) is 0 Å². The minimum absolute atomic E-state index is 0.182. The van der Waals surface area contributed by atoms with Crippen LogP contribution in [0.1, 0.15) is 18.9 Å². The predicted molar refractivity (Wildman–Crippen MR) is 86.7 cm³/mol. The van der Waals surface area contributed by atoms with Crippen LogP contribution in [0.4, 0.5) is 4.39 Å². The SMILES string of the molecule is CCCNCc1cc(F)cc(Sc2cccc(Br)c2)c1. The molecule has 0 spiro atoms. The first-order valence-electron chi connectivity index (χ1n) is 6.61. The van der Waals surface area contributed by atoms with Crippen molar-refractivity contribution < 1.29 is 4.39 Å². The molecule has 106 valence electrons. The lowest BCUT2D eigenvalue weighted by atomic mass is 10.2. The van der Waals surface area contributed by atoms with Crippen LogP contribution in [0.25, 0.3) is 0 Å². The predicted octanol–water partition coefficient (Wildman–Crippen LogP) is 5.24. The Bertz CT molecular complexity index is 574. The van der Waals surface area contributed by atoms with Gasteiger partial charge in [0.15, 0.2) is 0 Å². The van der Waals surface area contributed by atoms with E-state index in [-0.39, 0.29) is 5.82 Å². The minimum atomic E-state index is -0.182. The average molecular weight is 354 g/mol. The summed E-state index contributed by atoms with van der Waals surface area (Å²) in [6.45, 7) is 3.77. The molecule has 0 unspecified atom stereocenters. The molecule has 0 atom stereocenters. The summed E-state index contributed by atoms with van der Waals surface area (Å²) in [5.74, 6) is -0.182. The summed E-state index contributed by atoms with van der Waals surface area (Å²) in [5, 5.41) is 3.30. The van der Waals surface area contributed by atoms with Gasteiger partial charge in [0.2, 0.25) is 0 Å². The summed E-state index contributed by atoms with van der Waals surface area (Å²) in [6.07, 6.45) is 1.08. The molecule has 2 rings (SSSR count). The Morgan fingerprint density at radius 3 is 2.75 bits per heavy atom. The minimum Gasteiger partial charge on any atom is -0.313 e. The zero-order valence-electron chi connectivity index (χ0n) is 11.3. The standard InChI is InChI=1S/C16H17BrFNS/c1-2-6-19-11-12-7-14(18)10-16(8-12)20-15-5-3-4-13(17)9-15/h3-5,7-10,19H,2,6,11H2,1H3. The molecule has 4 heteroatoms. The van der Waals surface area contributed by atoms with Crippen LogP contribution in [-0.2, 0) is 6.54 Å². The molecule has 0 saturated carbocycles. The maximum absolute atomic E-state index is 13.7. The lowest BCUT2D eigenvalue weighted by Gasteiger charge is -2.07. The van der Waals surface area contributed by atoms with E-state index in [1.165, 1.54) is 0 Å². The molecule has 0 aliphatic heterocycles. The Labute approximate surface area is 132 Å². The number of halogens is 2. The van der Waals surface area contributed by atoms with Crippen molar-refractivity contribution in [1.29, 1.82) is 0 Å². The number of nitrogens with one attached hydrogen (secondary N) is 1. The fraction of sp³-hybridized carbons (Fsp3) is 0.250. The maximum Gasteiger partial charge on any atom is 0.124 e. The summed E-state index contributed by atoms with van der Waals surface area (Å²) in [4.78, 5) is 2.02. The van der Waals surface area contributed by atoms with E-state index < -0.39 is 0 Å². The Morgan fingerprint density at radius 2 is 2.00 bits per heavy atom. The first kappa shape index (κ1) is 15.5. The third kappa shape index (κ3) is 4.93. The van der Waals surface area contributed by atoms with Gasteiger partial charge in [-0.3, -0.25) is 0 Å². The van der Waals surface area contributed by atoms with Crippen molar-refractivity contribution in [3.8, 4) is 0 Å². The fourth-order valence-corrected chi connectivity index (χ4v) is 3.40. The van der Waals surface area contributed by atoms with E-state index in [4.69, 9.17) is 0 Å². The normalized spacial score (nSPS) is 10.8. The smallest absolute Gasteiger partial charge is 0.124 e. The van der Waals surface area contributed by atoms with Gasteiger partial charge < -0.3 is 5.32 Å². The van der Waals surface area contributed by atoms with Gasteiger partial charge in [0.1, 0.15) is 5.82 Å². The van der Waals surface area contributed by atoms with Crippen LogP contribution in [0.5, 0.6) is 0 Å². The molecular weight excluding hydrogens is 337 g/mol. The van der Waals surface area contributed by atoms with Crippen LogP contribution < -0.4 is 5.32 Å². The molecular formula is C16H17BrFNS. The van der Waals surface area contributed by atoms with E-state index in [9.17, 15) is 4.39 Å². The van der Waals surface area contributed by atoms with Crippen molar-refractivity contribution in [2.24, 2.45) is 0 Å². The quantitative estimate of drug-likeness (QED) is 0.712. The number of hydrogen-bond donors (Lipinski definition) is 1. The Kier molecular flexibility index (Phi) is 6.07. The van der Waals surface area contributed by atoms with Gasteiger partial charge in [-0.05, 0) is 54.9 Å². The number of rotatable bonds is 6. The largest absolute Gasteiger partial charge is 0.313 e. The second-order valence-electron chi connectivity index (χ2n) is 4.53. The summed E-state index contributed by atoms with van der Waals surface area (Å²) in [7, 11) is 0. The van der Waals surface area contributed by atoms with Crippen molar-refractivity contribution >= 4 is 27.7 Å². The highest BCUT2D eigenvalue weighted by atomic mass is 79.9. The molecule has 2 aromatic carbocycles. The average Bonchev–Trinajstić information content (AvgIpc) is 2.38. The first-order valence-corrected chi connectivity index (χ1v) is 8.22. The van der Waals surface area contributed by atoms with Crippen molar-refractivity contribution in [3.63, 3.8) is 0 Å². The second-order valence-corrected chi connectivity index (χ2v) is 6.59. The van der Waals surface area contributed by atoms with E-state index in [2.05, 4.69) is 28.2 Å². The van der Waals surface area contributed by atoms with E-state index in [0.717, 1.165) is 32.8 Å². The molecule has 0 fully saturated rings. The molecule has 0 amide bonds. The van der Waals surface area contributed by atoms with Crippen molar-refractivity contribution in [2.75, 3.05) is 6.54 Å². The van der Waals surface area contributed by atoms with Gasteiger partial charge in [0, 0.05) is 20.8 Å². The van der Waals surface area contributed by atoms with Crippen molar-refractivity contribution in [1.82, 2.24) is 5.32 Å². The van der Waals surface area contributed by atoms with Crippen molar-refractivity contribution in [3.05, 3.63) is 58.3 Å². The summed E-state index contributed by atoms with van der Waals surface area (Å²) < 4.78 is 14.7. The molecule has 0 aliphatic rings. The van der Waals surface area contributed by atoms with Crippen LogP contribution in [0, 0.1) is 5.82 Å². The molecule has 1 nitrogen and oxygen atoms in total. The molecule has 0 aliphatic carbocycles. The lowest BCUT2D eigenvalue weighted by molar-refractivity contribution is 0.615. The van der Waals surface area contributed by atoms with Gasteiger partial charge in [0.25, 0.3) is 0 Å². The third-order valence-corrected chi connectivity index (χ3v) is 4.17. The molecule has 0 saturated heterocycles. The molecule has 0 radical (unpaired) electrons. The first-order chi connectivity index (χ1) is 9.67. The van der Waals surface area contributed by atoms with E-state index >= 15 is 0 Å². The topological polar surface area (TPSA) is 12.0 Å². The Balaban J connectivity index is 2.11. The highest BCUT2D eigenvalue weighted by Crippen LogP contribution is 2.30. The zero-order valence-corrected chi connectivity index (χ0v) is 13.7. The lowest BCUT2D eigenvalue weighted by Crippen LogP contribution is -2.13. The van der Waals surface area contributed by atoms with Crippen LogP contribution in [0.15, 0.2) is 56.7 Å². The summed E-state index contributed by atoms with van der Waals surface area (Å²) in [6, 6.07) is 13.2. The zero-order chi connectivity index (χ0) is 14.4. The van der Waals surface area contributed by atoms with Crippen molar-refractivity contribution in [2.45, 2.75) is 29.7 Å². The second kappa shape index (κ2) is 7.81. The van der Waals surface area contributed by atoms with Gasteiger partial charge in [-0.1, -0.05) is 40.7 Å². The molecule has 0 aromatic heterocycles. The fourth-order valence-electron chi connectivity index (χ4n) is 1.86. The summed E-state index contributed by atoms with van der Waals surface area (Å²) in [5.41, 5.74) is 0.982. The number of benzene rings is 2. The molecule has 0 bridgehead atoms. The van der Waals surface area contributed by atoms with Gasteiger partial charge >= 0.3 is 0 Å². The molecule has 2 aromatic rings. The van der Waals surface area contributed by atoms with Crippen LogP contribution in [0.2, 0.25) is 0 Å².